The van der Waals surface area contributed by atoms with Gasteiger partial charge in [0, 0.05) is 13.3 Å². The Bertz CT molecular complexity index is 1220. The van der Waals surface area contributed by atoms with Crippen molar-refractivity contribution in [2.75, 3.05) is 25.6 Å². The van der Waals surface area contributed by atoms with Crippen LogP contribution in [0.1, 0.15) is 32.6 Å². The fourth-order valence-electron chi connectivity index (χ4n) is 5.27. The molecule has 11 nitrogen and oxygen atoms in total. The second kappa shape index (κ2) is 10.3. The molecule has 6 rings (SSSR count). The van der Waals surface area contributed by atoms with Crippen LogP contribution >= 0.6 is 11.6 Å². The van der Waals surface area contributed by atoms with Gasteiger partial charge in [0.2, 0.25) is 0 Å². The van der Waals surface area contributed by atoms with Crippen molar-refractivity contribution in [2.24, 2.45) is 4.99 Å². The fourth-order valence-corrected chi connectivity index (χ4v) is 5.49. The average Bonchev–Trinajstić information content (AvgIpc) is 3.36. The highest BCUT2D eigenvalue weighted by molar-refractivity contribution is 6.34. The minimum atomic E-state index is -0.458. The molecule has 1 aromatic heterocycles. The van der Waals surface area contributed by atoms with Gasteiger partial charge in [-0.1, -0.05) is 11.6 Å². The number of carbonyl (C=O) groups is 1. The zero-order valence-electron chi connectivity index (χ0n) is 21.3. The molecule has 2 bridgehead atoms. The van der Waals surface area contributed by atoms with E-state index >= 15 is 0 Å². The summed E-state index contributed by atoms with van der Waals surface area (Å²) >= 11 is 6.56. The average molecular weight is 543 g/mol. The number of amides is 1. The minimum Gasteiger partial charge on any atom is -0.443 e. The summed E-state index contributed by atoms with van der Waals surface area (Å²) in [5.41, 5.74) is 1.18. The van der Waals surface area contributed by atoms with Crippen LogP contribution in [0, 0.1) is 0 Å². The molecular formula is C26H31ClN6O5. The van der Waals surface area contributed by atoms with Crippen LogP contribution in [0.5, 0.6) is 0 Å². The van der Waals surface area contributed by atoms with Gasteiger partial charge in [0.05, 0.1) is 47.8 Å². The molecule has 2 saturated heterocycles. The Balaban J connectivity index is 1.11. The van der Waals surface area contributed by atoms with E-state index in [-0.39, 0.29) is 36.0 Å². The first-order valence-electron chi connectivity index (χ1n) is 12.9. The van der Waals surface area contributed by atoms with E-state index in [0.717, 1.165) is 18.5 Å². The van der Waals surface area contributed by atoms with Gasteiger partial charge >= 0.3 is 6.09 Å². The van der Waals surface area contributed by atoms with Crippen LogP contribution in [0.3, 0.4) is 0 Å². The lowest BCUT2D eigenvalue weighted by molar-refractivity contribution is -0.131. The normalized spacial score (nSPS) is 29.5. The maximum atomic E-state index is 12.9. The SMILES string of the molecule is COC1C(Nc2ccc(-n3cncn3)cc2Cl)=NC=CC1OC1CC2COCC(C1)N2C(=O)OC1(C)CC1. The Morgan fingerprint density at radius 3 is 2.68 bits per heavy atom. The lowest BCUT2D eigenvalue weighted by atomic mass is 9.92. The number of aliphatic imine (C=N–C) groups is 1. The Labute approximate surface area is 225 Å². The standard InChI is InChI=1S/C26H31ClN6O5/c1-26(6-7-26)38-25(34)33-17-9-19(10-18(33)13-36-12-17)37-22-5-8-29-24(23(22)35-2)31-21-4-3-16(11-20(21)27)32-15-28-14-30-32/h3-5,8,11,14-15,17-19,22-23H,6-7,9-10,12-13H2,1-2H3,(H,29,31). The van der Waals surface area contributed by atoms with E-state index in [0.29, 0.717) is 42.6 Å². The molecule has 4 atom stereocenters. The molecule has 1 amide bonds. The number of carbonyl (C=O) groups excluding carboxylic acids is 1. The number of morpholine rings is 1. The van der Waals surface area contributed by atoms with Gasteiger partial charge in [-0.15, -0.1) is 0 Å². The predicted molar refractivity (Wildman–Crippen MR) is 140 cm³/mol. The first-order chi connectivity index (χ1) is 18.4. The highest BCUT2D eigenvalue weighted by Gasteiger charge is 2.48. The predicted octanol–water partition coefficient (Wildman–Crippen LogP) is 3.58. The Morgan fingerprint density at radius 2 is 2.03 bits per heavy atom. The number of halogens is 1. The number of hydrogen-bond acceptors (Lipinski definition) is 9. The number of nitrogens with one attached hydrogen (secondary N) is 1. The van der Waals surface area contributed by atoms with E-state index in [4.69, 9.17) is 30.5 Å². The summed E-state index contributed by atoms with van der Waals surface area (Å²) in [7, 11) is 1.63. The van der Waals surface area contributed by atoms with Crippen molar-refractivity contribution in [1.82, 2.24) is 19.7 Å². The second-order valence-electron chi connectivity index (χ2n) is 10.4. The number of nitrogens with zero attached hydrogens (tertiary/aromatic N) is 5. The molecule has 202 valence electrons. The molecule has 4 unspecified atom stereocenters. The van der Waals surface area contributed by atoms with Crippen molar-refractivity contribution in [1.29, 1.82) is 0 Å². The summed E-state index contributed by atoms with van der Waals surface area (Å²) < 4.78 is 25.6. The number of piperidine rings is 1. The Kier molecular flexibility index (Phi) is 6.85. The Hall–Kier alpha value is -2.99. The molecule has 1 N–H and O–H groups in total. The summed E-state index contributed by atoms with van der Waals surface area (Å²) in [4.78, 5) is 23.3. The quantitative estimate of drug-likeness (QED) is 0.589. The first kappa shape index (κ1) is 25.3. The lowest BCUT2D eigenvalue weighted by Gasteiger charge is -2.48. The largest absolute Gasteiger partial charge is 0.443 e. The van der Waals surface area contributed by atoms with Gasteiger partial charge in [0.15, 0.2) is 0 Å². The van der Waals surface area contributed by atoms with Gasteiger partial charge < -0.3 is 24.3 Å². The van der Waals surface area contributed by atoms with Crippen molar-refractivity contribution in [3.05, 3.63) is 48.2 Å². The third kappa shape index (κ3) is 5.15. The highest BCUT2D eigenvalue weighted by atomic mass is 35.5. The number of fused-ring (bicyclic) bond motifs is 2. The minimum absolute atomic E-state index is 0.0633. The van der Waals surface area contributed by atoms with Gasteiger partial charge in [-0.2, -0.15) is 5.10 Å². The number of anilines is 1. The third-order valence-electron chi connectivity index (χ3n) is 7.54. The summed E-state index contributed by atoms with van der Waals surface area (Å²) in [5.74, 6) is 0.595. The number of amidine groups is 1. The number of rotatable bonds is 6. The van der Waals surface area contributed by atoms with E-state index < -0.39 is 6.10 Å². The summed E-state index contributed by atoms with van der Waals surface area (Å²) in [6, 6.07) is 5.40. The number of aromatic nitrogens is 3. The molecule has 4 heterocycles. The molecule has 2 aromatic rings. The van der Waals surface area contributed by atoms with Crippen LogP contribution < -0.4 is 5.32 Å². The summed E-state index contributed by atoms with van der Waals surface area (Å²) in [6.07, 6.45) is 8.75. The topological polar surface area (TPSA) is 112 Å². The van der Waals surface area contributed by atoms with E-state index in [1.807, 2.05) is 30.0 Å². The van der Waals surface area contributed by atoms with Gasteiger partial charge in [0.25, 0.3) is 0 Å². The van der Waals surface area contributed by atoms with Gasteiger partial charge in [-0.3, -0.25) is 4.90 Å². The van der Waals surface area contributed by atoms with Crippen LogP contribution in [-0.2, 0) is 18.9 Å². The third-order valence-corrected chi connectivity index (χ3v) is 7.85. The zero-order chi connectivity index (χ0) is 26.3. The second-order valence-corrected chi connectivity index (χ2v) is 10.8. The van der Waals surface area contributed by atoms with Crippen LogP contribution in [-0.4, -0.2) is 87.9 Å². The molecule has 0 spiro atoms. The zero-order valence-corrected chi connectivity index (χ0v) is 22.1. The summed E-state index contributed by atoms with van der Waals surface area (Å²) in [5, 5.41) is 7.95. The number of ether oxygens (including phenoxy) is 4. The Morgan fingerprint density at radius 1 is 1.24 bits per heavy atom. The number of benzene rings is 1. The van der Waals surface area contributed by atoms with Crippen LogP contribution in [0.4, 0.5) is 10.5 Å². The molecular weight excluding hydrogens is 512 g/mol. The monoisotopic (exact) mass is 542 g/mol. The molecule has 1 aliphatic carbocycles. The number of hydrogen-bond donors (Lipinski definition) is 1. The number of methoxy groups -OCH3 is 1. The van der Waals surface area contributed by atoms with Crippen molar-refractivity contribution in [2.45, 2.75) is 68.6 Å². The molecule has 3 aliphatic heterocycles. The van der Waals surface area contributed by atoms with Crippen LogP contribution in [0.25, 0.3) is 5.69 Å². The van der Waals surface area contributed by atoms with Gasteiger partial charge in [0.1, 0.15) is 36.3 Å². The molecule has 1 aromatic carbocycles. The van der Waals surface area contributed by atoms with E-state index in [9.17, 15) is 4.79 Å². The maximum Gasteiger partial charge on any atom is 0.410 e. The molecule has 0 radical (unpaired) electrons. The summed E-state index contributed by atoms with van der Waals surface area (Å²) in [6.45, 7) is 2.94. The van der Waals surface area contributed by atoms with Gasteiger partial charge in [-0.25, -0.2) is 19.5 Å². The molecule has 38 heavy (non-hydrogen) atoms. The van der Waals surface area contributed by atoms with Crippen LogP contribution in [0.15, 0.2) is 48.1 Å². The van der Waals surface area contributed by atoms with E-state index in [1.165, 1.54) is 6.33 Å². The van der Waals surface area contributed by atoms with E-state index in [1.54, 1.807) is 30.4 Å². The maximum absolute atomic E-state index is 12.9. The van der Waals surface area contributed by atoms with Crippen molar-refractivity contribution >= 4 is 29.2 Å². The molecule has 4 aliphatic rings. The van der Waals surface area contributed by atoms with E-state index in [2.05, 4.69) is 20.4 Å². The van der Waals surface area contributed by atoms with Crippen molar-refractivity contribution < 1.29 is 23.7 Å². The molecule has 1 saturated carbocycles. The van der Waals surface area contributed by atoms with Crippen LogP contribution in [0.2, 0.25) is 5.02 Å². The first-order valence-corrected chi connectivity index (χ1v) is 13.2. The smallest absolute Gasteiger partial charge is 0.410 e. The van der Waals surface area contributed by atoms with Crippen molar-refractivity contribution in [3.63, 3.8) is 0 Å². The highest BCUT2D eigenvalue weighted by Crippen LogP contribution is 2.41. The molecule has 3 fully saturated rings. The fraction of sp³-hybridized carbons (Fsp3) is 0.538. The van der Waals surface area contributed by atoms with Crippen molar-refractivity contribution in [3.8, 4) is 5.69 Å². The molecule has 12 heteroatoms. The van der Waals surface area contributed by atoms with Gasteiger partial charge in [-0.05, 0) is 56.9 Å². The lowest BCUT2D eigenvalue weighted by Crippen LogP contribution is -2.61.